The molecule has 8 nitrogen and oxygen atoms in total. The first-order valence-electron chi connectivity index (χ1n) is 8.04. The van der Waals surface area contributed by atoms with Crippen molar-refractivity contribution in [1.29, 1.82) is 0 Å². The normalized spacial score (nSPS) is 15.5. The summed E-state index contributed by atoms with van der Waals surface area (Å²) >= 11 is 0. The molecular formula is C16H22N6O2. The Labute approximate surface area is 140 Å². The number of carbonyl (C=O) groups is 1. The van der Waals surface area contributed by atoms with Gasteiger partial charge in [0.2, 0.25) is 5.95 Å². The van der Waals surface area contributed by atoms with Crippen molar-refractivity contribution in [2.24, 2.45) is 0 Å². The number of nitrogen functional groups attached to an aromatic ring is 1. The first kappa shape index (κ1) is 16.2. The van der Waals surface area contributed by atoms with Gasteiger partial charge in [-0.3, -0.25) is 4.79 Å². The third kappa shape index (κ3) is 3.17. The molecule has 0 bridgehead atoms. The van der Waals surface area contributed by atoms with E-state index < -0.39 is 0 Å². The molecule has 1 aliphatic heterocycles. The van der Waals surface area contributed by atoms with Crippen LogP contribution in [-0.4, -0.2) is 52.1 Å². The van der Waals surface area contributed by atoms with Gasteiger partial charge >= 0.3 is 0 Å². The molecule has 0 unspecified atom stereocenters. The van der Waals surface area contributed by atoms with Gasteiger partial charge in [-0.1, -0.05) is 5.16 Å². The number of amides is 1. The van der Waals surface area contributed by atoms with Crippen LogP contribution in [0.1, 0.15) is 33.9 Å². The van der Waals surface area contributed by atoms with Crippen LogP contribution in [0.25, 0.3) is 0 Å². The number of nitrogens with two attached hydrogens (primary N) is 1. The Hall–Kier alpha value is -2.64. The molecular weight excluding hydrogens is 308 g/mol. The number of nitrogens with zero attached hydrogens (tertiary/aromatic N) is 5. The zero-order valence-corrected chi connectivity index (χ0v) is 14.2. The molecule has 0 aromatic carbocycles. The Balaban J connectivity index is 1.74. The third-order valence-corrected chi connectivity index (χ3v) is 4.21. The standard InChI is InChI=1S/C16H22N6O2/c1-10-9-13(19-16(17)18-10)21-5-4-6-22(8-7-21)15(23)14-11(2)20-24-12(14)3/h9H,4-8H2,1-3H3,(H2,17,18,19). The smallest absolute Gasteiger partial charge is 0.259 e. The molecule has 2 aromatic heterocycles. The second kappa shape index (κ2) is 6.46. The average Bonchev–Trinajstić information content (AvgIpc) is 2.74. The molecule has 2 aromatic rings. The van der Waals surface area contributed by atoms with Crippen molar-refractivity contribution in [1.82, 2.24) is 20.0 Å². The van der Waals surface area contributed by atoms with E-state index in [2.05, 4.69) is 20.0 Å². The lowest BCUT2D eigenvalue weighted by molar-refractivity contribution is 0.0764. The summed E-state index contributed by atoms with van der Waals surface area (Å²) in [4.78, 5) is 25.2. The second-order valence-corrected chi connectivity index (χ2v) is 6.06. The molecule has 3 heterocycles. The first-order valence-corrected chi connectivity index (χ1v) is 8.04. The topological polar surface area (TPSA) is 101 Å². The molecule has 0 saturated carbocycles. The van der Waals surface area contributed by atoms with Crippen LogP contribution in [0.4, 0.5) is 11.8 Å². The van der Waals surface area contributed by atoms with Crippen LogP contribution in [-0.2, 0) is 0 Å². The van der Waals surface area contributed by atoms with Gasteiger partial charge in [-0.2, -0.15) is 4.98 Å². The highest BCUT2D eigenvalue weighted by atomic mass is 16.5. The summed E-state index contributed by atoms with van der Waals surface area (Å²) in [6.07, 6.45) is 0.859. The van der Waals surface area contributed by atoms with Gasteiger partial charge in [0.1, 0.15) is 17.1 Å². The van der Waals surface area contributed by atoms with Gasteiger partial charge in [-0.05, 0) is 27.2 Å². The van der Waals surface area contributed by atoms with E-state index in [9.17, 15) is 4.79 Å². The maximum atomic E-state index is 12.8. The fraction of sp³-hybridized carbons (Fsp3) is 0.500. The molecule has 0 aliphatic carbocycles. The van der Waals surface area contributed by atoms with E-state index in [1.165, 1.54) is 0 Å². The van der Waals surface area contributed by atoms with Crippen molar-refractivity contribution in [3.05, 3.63) is 28.8 Å². The molecule has 8 heteroatoms. The van der Waals surface area contributed by atoms with Gasteiger partial charge in [0, 0.05) is 37.9 Å². The molecule has 24 heavy (non-hydrogen) atoms. The summed E-state index contributed by atoms with van der Waals surface area (Å²) in [5, 5.41) is 3.87. The van der Waals surface area contributed by atoms with E-state index in [1.54, 1.807) is 13.8 Å². The molecule has 0 spiro atoms. The summed E-state index contributed by atoms with van der Waals surface area (Å²) in [6.45, 7) is 8.29. The summed E-state index contributed by atoms with van der Waals surface area (Å²) < 4.78 is 5.12. The van der Waals surface area contributed by atoms with E-state index in [0.29, 0.717) is 36.7 Å². The zero-order valence-electron chi connectivity index (χ0n) is 14.2. The Morgan fingerprint density at radius 3 is 2.62 bits per heavy atom. The highest BCUT2D eigenvalue weighted by Crippen LogP contribution is 2.19. The SMILES string of the molecule is Cc1cc(N2CCCN(C(=O)c3c(C)noc3C)CC2)nc(N)n1. The Morgan fingerprint density at radius 2 is 1.96 bits per heavy atom. The molecule has 3 rings (SSSR count). The maximum Gasteiger partial charge on any atom is 0.259 e. The average molecular weight is 330 g/mol. The van der Waals surface area contributed by atoms with Gasteiger partial charge in [0.05, 0.1) is 5.69 Å². The minimum Gasteiger partial charge on any atom is -0.368 e. The molecule has 0 atom stereocenters. The van der Waals surface area contributed by atoms with Crippen LogP contribution < -0.4 is 10.6 Å². The van der Waals surface area contributed by atoms with Crippen molar-refractivity contribution < 1.29 is 9.32 Å². The van der Waals surface area contributed by atoms with Gasteiger partial charge in [-0.25, -0.2) is 4.98 Å². The molecule has 1 fully saturated rings. The quantitative estimate of drug-likeness (QED) is 0.886. The third-order valence-electron chi connectivity index (χ3n) is 4.21. The molecule has 1 aliphatic rings. The Kier molecular flexibility index (Phi) is 4.37. The molecule has 1 saturated heterocycles. The molecule has 2 N–H and O–H groups in total. The first-order chi connectivity index (χ1) is 11.5. The lowest BCUT2D eigenvalue weighted by atomic mass is 10.1. The number of hydrogen-bond donors (Lipinski definition) is 1. The van der Waals surface area contributed by atoms with Crippen LogP contribution in [0.3, 0.4) is 0 Å². The number of anilines is 2. The van der Waals surface area contributed by atoms with Gasteiger partial charge in [0.15, 0.2) is 0 Å². The monoisotopic (exact) mass is 330 g/mol. The minimum atomic E-state index is -0.0218. The van der Waals surface area contributed by atoms with E-state index >= 15 is 0 Å². The minimum absolute atomic E-state index is 0.0218. The summed E-state index contributed by atoms with van der Waals surface area (Å²) in [6, 6.07) is 1.92. The van der Waals surface area contributed by atoms with Gasteiger partial charge in [-0.15, -0.1) is 0 Å². The van der Waals surface area contributed by atoms with Crippen molar-refractivity contribution in [3.8, 4) is 0 Å². The van der Waals surface area contributed by atoms with E-state index in [1.807, 2.05) is 17.9 Å². The molecule has 128 valence electrons. The highest BCUT2D eigenvalue weighted by Gasteiger charge is 2.25. The number of aryl methyl sites for hydroxylation is 3. The zero-order chi connectivity index (χ0) is 17.3. The van der Waals surface area contributed by atoms with Crippen LogP contribution >= 0.6 is 0 Å². The number of rotatable bonds is 2. The predicted octanol–water partition coefficient (Wildman–Crippen LogP) is 1.32. The van der Waals surface area contributed by atoms with E-state index in [-0.39, 0.29) is 11.9 Å². The lowest BCUT2D eigenvalue weighted by Gasteiger charge is -2.23. The van der Waals surface area contributed by atoms with Crippen LogP contribution in [0.5, 0.6) is 0 Å². The summed E-state index contributed by atoms with van der Waals surface area (Å²) in [5.41, 5.74) is 7.80. The maximum absolute atomic E-state index is 12.8. The largest absolute Gasteiger partial charge is 0.368 e. The second-order valence-electron chi connectivity index (χ2n) is 6.06. The van der Waals surface area contributed by atoms with Crippen molar-refractivity contribution >= 4 is 17.7 Å². The predicted molar refractivity (Wildman–Crippen MR) is 89.9 cm³/mol. The highest BCUT2D eigenvalue weighted by molar-refractivity contribution is 5.96. The van der Waals surface area contributed by atoms with E-state index in [4.69, 9.17) is 10.3 Å². The number of hydrogen-bond acceptors (Lipinski definition) is 7. The number of carbonyl (C=O) groups excluding carboxylic acids is 1. The fourth-order valence-corrected chi connectivity index (χ4v) is 3.03. The van der Waals surface area contributed by atoms with Crippen molar-refractivity contribution in [2.75, 3.05) is 36.8 Å². The van der Waals surface area contributed by atoms with Gasteiger partial charge < -0.3 is 20.1 Å². The van der Waals surface area contributed by atoms with Crippen molar-refractivity contribution in [2.45, 2.75) is 27.2 Å². The lowest BCUT2D eigenvalue weighted by Crippen LogP contribution is -2.36. The van der Waals surface area contributed by atoms with Crippen LogP contribution in [0.15, 0.2) is 10.6 Å². The molecule has 0 radical (unpaired) electrons. The summed E-state index contributed by atoms with van der Waals surface area (Å²) in [5.74, 6) is 1.63. The van der Waals surface area contributed by atoms with E-state index in [0.717, 1.165) is 24.5 Å². The van der Waals surface area contributed by atoms with Crippen LogP contribution in [0.2, 0.25) is 0 Å². The summed E-state index contributed by atoms with van der Waals surface area (Å²) in [7, 11) is 0. The Morgan fingerprint density at radius 1 is 1.17 bits per heavy atom. The van der Waals surface area contributed by atoms with Crippen molar-refractivity contribution in [3.63, 3.8) is 0 Å². The van der Waals surface area contributed by atoms with Crippen LogP contribution in [0, 0.1) is 20.8 Å². The Bertz CT molecular complexity index is 717. The fourth-order valence-electron chi connectivity index (χ4n) is 3.03. The van der Waals surface area contributed by atoms with Gasteiger partial charge in [0.25, 0.3) is 5.91 Å². The number of aromatic nitrogens is 3. The molecule has 1 amide bonds.